The lowest BCUT2D eigenvalue weighted by atomic mass is 10.1. The molecule has 0 aliphatic carbocycles. The molecular formula is C13H21NO2S. The summed E-state index contributed by atoms with van der Waals surface area (Å²) in [4.78, 5) is 0. The monoisotopic (exact) mass is 255 g/mol. The largest absolute Gasteiger partial charge is 0.310 e. The van der Waals surface area contributed by atoms with Crippen LogP contribution in [0, 0.1) is 6.92 Å². The molecular weight excluding hydrogens is 234 g/mol. The maximum atomic E-state index is 11.0. The van der Waals surface area contributed by atoms with E-state index in [1.807, 2.05) is 6.07 Å². The van der Waals surface area contributed by atoms with Crippen LogP contribution in [-0.4, -0.2) is 27.0 Å². The molecule has 1 aromatic rings. The minimum atomic E-state index is -2.83. The second-order valence-corrected chi connectivity index (χ2v) is 6.83. The Morgan fingerprint density at radius 2 is 2.06 bits per heavy atom. The van der Waals surface area contributed by atoms with Crippen molar-refractivity contribution < 1.29 is 8.42 Å². The smallest absolute Gasteiger partial charge is 0.147 e. The average Bonchev–Trinajstić information content (AvgIpc) is 2.23. The molecule has 0 bridgehead atoms. The van der Waals surface area contributed by atoms with Crippen molar-refractivity contribution in [2.75, 3.05) is 18.6 Å². The van der Waals surface area contributed by atoms with Crippen molar-refractivity contribution in [3.63, 3.8) is 0 Å². The van der Waals surface area contributed by atoms with Gasteiger partial charge in [0.1, 0.15) is 9.84 Å². The molecule has 0 saturated carbocycles. The van der Waals surface area contributed by atoms with Crippen molar-refractivity contribution >= 4 is 9.84 Å². The van der Waals surface area contributed by atoms with Gasteiger partial charge in [-0.2, -0.15) is 0 Å². The molecule has 4 heteroatoms. The number of benzene rings is 1. The van der Waals surface area contributed by atoms with Crippen LogP contribution in [0.5, 0.6) is 0 Å². The van der Waals surface area contributed by atoms with Crippen molar-refractivity contribution in [3.8, 4) is 0 Å². The van der Waals surface area contributed by atoms with Crippen molar-refractivity contribution in [1.29, 1.82) is 0 Å². The maximum Gasteiger partial charge on any atom is 0.147 e. The summed E-state index contributed by atoms with van der Waals surface area (Å²) < 4.78 is 21.9. The molecule has 0 aliphatic rings. The van der Waals surface area contributed by atoms with Gasteiger partial charge in [-0.1, -0.05) is 29.8 Å². The van der Waals surface area contributed by atoms with Gasteiger partial charge in [-0.3, -0.25) is 0 Å². The van der Waals surface area contributed by atoms with E-state index in [9.17, 15) is 8.42 Å². The van der Waals surface area contributed by atoms with E-state index < -0.39 is 9.84 Å². The quantitative estimate of drug-likeness (QED) is 0.792. The Hall–Kier alpha value is -0.870. The zero-order chi connectivity index (χ0) is 12.9. The first-order chi connectivity index (χ1) is 7.88. The lowest BCUT2D eigenvalue weighted by Crippen LogP contribution is -2.21. The van der Waals surface area contributed by atoms with E-state index >= 15 is 0 Å². The molecule has 0 aromatic heterocycles. The minimum Gasteiger partial charge on any atom is -0.310 e. The first kappa shape index (κ1) is 14.2. The number of hydrogen-bond donors (Lipinski definition) is 1. The molecule has 17 heavy (non-hydrogen) atoms. The topological polar surface area (TPSA) is 46.2 Å². The Morgan fingerprint density at radius 1 is 1.35 bits per heavy atom. The molecule has 1 rings (SSSR count). The van der Waals surface area contributed by atoms with Gasteiger partial charge in [0.25, 0.3) is 0 Å². The first-order valence-electron chi connectivity index (χ1n) is 5.86. The van der Waals surface area contributed by atoms with Crippen LogP contribution >= 0.6 is 0 Å². The molecule has 0 fully saturated rings. The maximum absolute atomic E-state index is 11.0. The van der Waals surface area contributed by atoms with Crippen LogP contribution < -0.4 is 5.32 Å². The van der Waals surface area contributed by atoms with Gasteiger partial charge in [-0.05, 0) is 32.4 Å². The highest BCUT2D eigenvalue weighted by atomic mass is 32.2. The van der Waals surface area contributed by atoms with Gasteiger partial charge in [-0.15, -0.1) is 0 Å². The third kappa shape index (κ3) is 5.84. The van der Waals surface area contributed by atoms with Crippen molar-refractivity contribution in [2.24, 2.45) is 0 Å². The normalized spacial score (nSPS) is 13.6. The summed E-state index contributed by atoms with van der Waals surface area (Å²) in [6, 6.07) is 8.60. The van der Waals surface area contributed by atoms with E-state index in [0.717, 1.165) is 6.54 Å². The third-order valence-electron chi connectivity index (χ3n) is 2.68. The van der Waals surface area contributed by atoms with Crippen LogP contribution in [0.15, 0.2) is 24.3 Å². The second-order valence-electron chi connectivity index (χ2n) is 4.57. The lowest BCUT2D eigenvalue weighted by molar-refractivity contribution is 0.562. The van der Waals surface area contributed by atoms with Crippen LogP contribution in [0.4, 0.5) is 0 Å². The van der Waals surface area contributed by atoms with Crippen LogP contribution in [0.3, 0.4) is 0 Å². The Balaban J connectivity index is 2.38. The Labute approximate surface area is 104 Å². The first-order valence-corrected chi connectivity index (χ1v) is 7.92. The Morgan fingerprint density at radius 3 is 2.65 bits per heavy atom. The zero-order valence-corrected chi connectivity index (χ0v) is 11.5. The third-order valence-corrected chi connectivity index (χ3v) is 3.71. The molecule has 0 aliphatic heterocycles. The summed E-state index contributed by atoms with van der Waals surface area (Å²) >= 11 is 0. The van der Waals surface area contributed by atoms with Crippen molar-refractivity contribution in [2.45, 2.75) is 26.3 Å². The summed E-state index contributed by atoms with van der Waals surface area (Å²) in [5, 5.41) is 3.33. The van der Waals surface area contributed by atoms with Gasteiger partial charge in [0, 0.05) is 12.3 Å². The van der Waals surface area contributed by atoms with Gasteiger partial charge >= 0.3 is 0 Å². The summed E-state index contributed by atoms with van der Waals surface area (Å²) in [6.07, 6.45) is 1.94. The SMILES string of the molecule is Cc1cccc([C@@H](C)NCCCS(C)(=O)=O)c1. The van der Waals surface area contributed by atoms with Crippen molar-refractivity contribution in [3.05, 3.63) is 35.4 Å². The van der Waals surface area contributed by atoms with E-state index in [4.69, 9.17) is 0 Å². The van der Waals surface area contributed by atoms with Crippen LogP contribution in [-0.2, 0) is 9.84 Å². The minimum absolute atomic E-state index is 0.251. The van der Waals surface area contributed by atoms with E-state index in [0.29, 0.717) is 6.42 Å². The molecule has 96 valence electrons. The zero-order valence-electron chi connectivity index (χ0n) is 10.7. The number of hydrogen-bond acceptors (Lipinski definition) is 3. The van der Waals surface area contributed by atoms with Crippen LogP contribution in [0.25, 0.3) is 0 Å². The Bertz CT molecular complexity index is 454. The van der Waals surface area contributed by atoms with E-state index in [-0.39, 0.29) is 11.8 Å². The summed E-state index contributed by atoms with van der Waals surface area (Å²) in [7, 11) is -2.83. The van der Waals surface area contributed by atoms with Gasteiger partial charge < -0.3 is 5.32 Å². The molecule has 1 N–H and O–H groups in total. The highest BCUT2D eigenvalue weighted by Crippen LogP contribution is 2.13. The number of aryl methyl sites for hydroxylation is 1. The number of rotatable bonds is 6. The van der Waals surface area contributed by atoms with E-state index in [1.165, 1.54) is 17.4 Å². The predicted molar refractivity (Wildman–Crippen MR) is 71.9 cm³/mol. The molecule has 0 heterocycles. The Kier molecular flexibility index (Phi) is 5.15. The fraction of sp³-hybridized carbons (Fsp3) is 0.538. The fourth-order valence-electron chi connectivity index (χ4n) is 1.71. The molecule has 0 radical (unpaired) electrons. The van der Waals surface area contributed by atoms with Gasteiger partial charge in [0.15, 0.2) is 0 Å². The van der Waals surface area contributed by atoms with E-state index in [1.54, 1.807) is 0 Å². The summed E-state index contributed by atoms with van der Waals surface area (Å²) in [6.45, 7) is 4.89. The lowest BCUT2D eigenvalue weighted by Gasteiger charge is -2.14. The highest BCUT2D eigenvalue weighted by Gasteiger charge is 2.05. The average molecular weight is 255 g/mol. The molecule has 1 aromatic carbocycles. The number of sulfone groups is 1. The van der Waals surface area contributed by atoms with E-state index in [2.05, 4.69) is 37.4 Å². The molecule has 0 saturated heterocycles. The molecule has 0 unspecified atom stereocenters. The van der Waals surface area contributed by atoms with Gasteiger partial charge in [-0.25, -0.2) is 8.42 Å². The molecule has 3 nitrogen and oxygen atoms in total. The van der Waals surface area contributed by atoms with Gasteiger partial charge in [0.2, 0.25) is 0 Å². The molecule has 1 atom stereocenters. The van der Waals surface area contributed by atoms with Gasteiger partial charge in [0.05, 0.1) is 5.75 Å². The van der Waals surface area contributed by atoms with Crippen molar-refractivity contribution in [1.82, 2.24) is 5.32 Å². The standard InChI is InChI=1S/C13H21NO2S/c1-11-6-4-7-13(10-11)12(2)14-8-5-9-17(3,15)16/h4,6-7,10,12,14H,5,8-9H2,1-3H3/t12-/m1/s1. The summed E-state index contributed by atoms with van der Waals surface area (Å²) in [5.74, 6) is 0.251. The highest BCUT2D eigenvalue weighted by molar-refractivity contribution is 7.90. The summed E-state index contributed by atoms with van der Waals surface area (Å²) in [5.41, 5.74) is 2.48. The number of nitrogens with one attached hydrogen (secondary N) is 1. The van der Waals surface area contributed by atoms with Crippen LogP contribution in [0.1, 0.15) is 30.5 Å². The second kappa shape index (κ2) is 6.17. The predicted octanol–water partition coefficient (Wildman–Crippen LogP) is 2.08. The van der Waals surface area contributed by atoms with Crippen LogP contribution in [0.2, 0.25) is 0 Å². The molecule has 0 amide bonds. The molecule has 0 spiro atoms. The fourth-order valence-corrected chi connectivity index (χ4v) is 2.38.